The van der Waals surface area contributed by atoms with Gasteiger partial charge in [0.15, 0.2) is 0 Å². The number of rotatable bonds is 3. The molecule has 2 bridgehead atoms. The molecule has 2 nitrogen and oxygen atoms in total. The first-order valence-corrected chi connectivity index (χ1v) is 9.57. The molecule has 5 heteroatoms. The topological polar surface area (TPSA) is 6.48 Å². The largest absolute Gasteiger partial charge is 0.306 e. The summed E-state index contributed by atoms with van der Waals surface area (Å²) in [6, 6.07) is 0.525. The van der Waals surface area contributed by atoms with E-state index in [1.165, 1.54) is 13.0 Å². The summed E-state index contributed by atoms with van der Waals surface area (Å²) in [5.41, 5.74) is -0.0162. The fourth-order valence-corrected chi connectivity index (χ4v) is 4.56. The molecule has 0 aromatic rings. The van der Waals surface area contributed by atoms with E-state index in [-0.39, 0.29) is 24.4 Å². The zero-order chi connectivity index (χ0) is 18.3. The van der Waals surface area contributed by atoms with E-state index < -0.39 is 6.43 Å². The summed E-state index contributed by atoms with van der Waals surface area (Å²) in [5, 5.41) is 0. The first-order chi connectivity index (χ1) is 11.3. The van der Waals surface area contributed by atoms with Gasteiger partial charge in [0.25, 0.3) is 0 Å². The van der Waals surface area contributed by atoms with Crippen molar-refractivity contribution in [3.8, 4) is 0 Å². The molecular weight excluding hydrogens is 313 g/mol. The monoisotopic (exact) mass is 350 g/mol. The smallest absolute Gasteiger partial charge is 0.238 e. The number of piperidine rings is 2. The van der Waals surface area contributed by atoms with Crippen molar-refractivity contribution < 1.29 is 13.2 Å². The van der Waals surface area contributed by atoms with Crippen LogP contribution in [0.3, 0.4) is 0 Å². The van der Waals surface area contributed by atoms with Crippen LogP contribution in [-0.4, -0.2) is 62.7 Å². The molecule has 2 aliphatic heterocycles. The molecule has 3 atom stereocenters. The second-order valence-corrected chi connectivity index (χ2v) is 7.92. The van der Waals surface area contributed by atoms with Crippen LogP contribution in [0.15, 0.2) is 0 Å². The van der Waals surface area contributed by atoms with E-state index in [4.69, 9.17) is 0 Å². The average Bonchev–Trinajstić information content (AvgIpc) is 3.08. The van der Waals surface area contributed by atoms with Gasteiger partial charge in [0, 0.05) is 24.4 Å². The van der Waals surface area contributed by atoms with E-state index in [9.17, 15) is 13.2 Å². The van der Waals surface area contributed by atoms with Gasteiger partial charge in [-0.2, -0.15) is 0 Å². The third-order valence-electron chi connectivity index (χ3n) is 5.85. The highest BCUT2D eigenvalue weighted by Gasteiger charge is 2.50. The quantitative estimate of drug-likeness (QED) is 0.728. The van der Waals surface area contributed by atoms with E-state index in [1.54, 1.807) is 0 Å². The molecule has 3 fully saturated rings. The molecule has 0 aromatic heterocycles. The summed E-state index contributed by atoms with van der Waals surface area (Å²) in [6.45, 7) is 9.11. The fourth-order valence-electron chi connectivity index (χ4n) is 4.56. The van der Waals surface area contributed by atoms with E-state index in [1.807, 2.05) is 20.9 Å². The van der Waals surface area contributed by atoms with Crippen LogP contribution in [0.4, 0.5) is 13.2 Å². The Morgan fingerprint density at radius 3 is 2.08 bits per heavy atom. The molecule has 0 spiro atoms. The number of hydrogen-bond acceptors (Lipinski definition) is 2. The number of halogens is 3. The molecule has 3 rings (SSSR count). The summed E-state index contributed by atoms with van der Waals surface area (Å²) in [4.78, 5) is 4.52. The lowest BCUT2D eigenvalue weighted by Gasteiger charge is -2.37. The molecule has 2 heterocycles. The van der Waals surface area contributed by atoms with Crippen molar-refractivity contribution in [1.29, 1.82) is 0 Å². The summed E-state index contributed by atoms with van der Waals surface area (Å²) in [5.74, 6) is 1.05. The minimum atomic E-state index is -2.11. The number of alkyl halides is 3. The summed E-state index contributed by atoms with van der Waals surface area (Å²) >= 11 is 0. The maximum Gasteiger partial charge on any atom is 0.238 e. The van der Waals surface area contributed by atoms with Crippen LogP contribution in [0.1, 0.15) is 52.9 Å². The number of hydrogen-bond donors (Lipinski definition) is 0. The van der Waals surface area contributed by atoms with Gasteiger partial charge in [0.05, 0.1) is 6.67 Å². The highest BCUT2D eigenvalue weighted by Crippen LogP contribution is 2.49. The fraction of sp³-hybridized carbons (Fsp3) is 1.00. The molecule has 0 N–H and O–H groups in total. The average molecular weight is 351 g/mol. The van der Waals surface area contributed by atoms with E-state index in [2.05, 4.69) is 23.8 Å². The summed E-state index contributed by atoms with van der Waals surface area (Å²) < 4.78 is 36.5. The van der Waals surface area contributed by atoms with Crippen molar-refractivity contribution >= 4 is 0 Å². The lowest BCUT2D eigenvalue weighted by atomic mass is 9.83. The Labute approximate surface area is 146 Å². The molecule has 144 valence electrons. The Morgan fingerprint density at radius 2 is 1.71 bits per heavy atom. The standard InChI is InChI=1S/C9H16FN.C8H15F2N.C2H6/c1-9(6-10)4-7-3-8(9)11(2)5-7;1-11-4-2-7(3-5-11)6-8(9)10;1-2/h7-8H,3-6H2,1-2H3;7-8H,2-6H2,1H3;1-2H3. The SMILES string of the molecule is CC.CN1CC2CC1C(C)(CF)C2.CN1CCC(CC(F)F)CC1. The van der Waals surface area contributed by atoms with Gasteiger partial charge >= 0.3 is 0 Å². The van der Waals surface area contributed by atoms with Crippen molar-refractivity contribution in [1.82, 2.24) is 9.80 Å². The Bertz CT molecular complexity index is 346. The van der Waals surface area contributed by atoms with Gasteiger partial charge in [-0.1, -0.05) is 20.8 Å². The Morgan fingerprint density at radius 1 is 1.12 bits per heavy atom. The lowest BCUT2D eigenvalue weighted by Crippen LogP contribution is -2.43. The third-order valence-corrected chi connectivity index (χ3v) is 5.85. The molecular formula is C19H37F3N2. The van der Waals surface area contributed by atoms with Gasteiger partial charge < -0.3 is 9.80 Å². The molecule has 1 saturated carbocycles. The Kier molecular flexibility index (Phi) is 9.07. The van der Waals surface area contributed by atoms with Crippen LogP contribution in [0.2, 0.25) is 0 Å². The van der Waals surface area contributed by atoms with Gasteiger partial charge in [0.1, 0.15) is 0 Å². The van der Waals surface area contributed by atoms with Crippen LogP contribution in [0.5, 0.6) is 0 Å². The zero-order valence-electron chi connectivity index (χ0n) is 16.2. The maximum absolute atomic E-state index is 12.7. The van der Waals surface area contributed by atoms with Gasteiger partial charge in [-0.3, -0.25) is 4.39 Å². The highest BCUT2D eigenvalue weighted by atomic mass is 19.3. The predicted octanol–water partition coefficient (Wildman–Crippen LogP) is 4.70. The Balaban J connectivity index is 0.000000218. The minimum absolute atomic E-state index is 0.0162. The predicted molar refractivity (Wildman–Crippen MR) is 95.4 cm³/mol. The van der Waals surface area contributed by atoms with Gasteiger partial charge in [-0.05, 0) is 64.7 Å². The van der Waals surface area contributed by atoms with Crippen LogP contribution < -0.4 is 0 Å². The van der Waals surface area contributed by atoms with E-state index in [0.717, 1.165) is 38.3 Å². The van der Waals surface area contributed by atoms with Crippen molar-refractivity contribution in [2.24, 2.45) is 17.3 Å². The molecule has 24 heavy (non-hydrogen) atoms. The highest BCUT2D eigenvalue weighted by molar-refractivity contribution is 5.03. The van der Waals surface area contributed by atoms with Crippen LogP contribution >= 0.6 is 0 Å². The number of likely N-dealkylation sites (tertiary alicyclic amines) is 2. The van der Waals surface area contributed by atoms with E-state index in [0.29, 0.717) is 6.04 Å². The van der Waals surface area contributed by atoms with Crippen molar-refractivity contribution in [2.75, 3.05) is 40.4 Å². The first kappa shape index (κ1) is 21.8. The van der Waals surface area contributed by atoms with E-state index >= 15 is 0 Å². The number of nitrogens with zero attached hydrogens (tertiary/aromatic N) is 2. The second-order valence-electron chi connectivity index (χ2n) is 7.92. The maximum atomic E-state index is 12.7. The summed E-state index contributed by atoms with van der Waals surface area (Å²) in [6.07, 6.45) is 2.23. The van der Waals surface area contributed by atoms with Crippen LogP contribution in [0, 0.1) is 17.3 Å². The summed E-state index contributed by atoms with van der Waals surface area (Å²) in [7, 11) is 4.16. The molecule has 0 aromatic carbocycles. The molecule has 0 amide bonds. The van der Waals surface area contributed by atoms with Crippen molar-refractivity contribution in [3.05, 3.63) is 0 Å². The van der Waals surface area contributed by atoms with Crippen LogP contribution in [0.25, 0.3) is 0 Å². The zero-order valence-corrected chi connectivity index (χ0v) is 16.2. The molecule has 3 unspecified atom stereocenters. The van der Waals surface area contributed by atoms with Gasteiger partial charge in [-0.15, -0.1) is 0 Å². The van der Waals surface area contributed by atoms with Crippen LogP contribution in [-0.2, 0) is 0 Å². The van der Waals surface area contributed by atoms with Gasteiger partial charge in [-0.25, -0.2) is 8.78 Å². The molecule has 3 aliphatic rings. The Hall–Kier alpha value is -0.290. The first-order valence-electron chi connectivity index (χ1n) is 9.57. The minimum Gasteiger partial charge on any atom is -0.306 e. The second kappa shape index (κ2) is 10.0. The third kappa shape index (κ3) is 5.91. The van der Waals surface area contributed by atoms with Crippen molar-refractivity contribution in [2.45, 2.75) is 65.3 Å². The number of fused-ring (bicyclic) bond motifs is 2. The molecule has 0 radical (unpaired) electrons. The normalized spacial score (nSPS) is 33.9. The van der Waals surface area contributed by atoms with Gasteiger partial charge in [0.2, 0.25) is 6.43 Å². The molecule has 1 aliphatic carbocycles. The molecule has 2 saturated heterocycles. The lowest BCUT2D eigenvalue weighted by molar-refractivity contribution is 0.0806. The van der Waals surface area contributed by atoms with Crippen molar-refractivity contribution in [3.63, 3.8) is 0 Å².